The highest BCUT2D eigenvalue weighted by Gasteiger charge is 2.15. The topological polar surface area (TPSA) is 72.2 Å². The van der Waals surface area contributed by atoms with Gasteiger partial charge in [-0.1, -0.05) is 0 Å². The molecule has 1 aliphatic heterocycles. The molecule has 2 aromatic heterocycles. The molecule has 1 atom stereocenters. The Morgan fingerprint density at radius 2 is 2.35 bits per heavy atom. The van der Waals surface area contributed by atoms with Crippen molar-refractivity contribution in [3.8, 4) is 0 Å². The quantitative estimate of drug-likeness (QED) is 0.386. The van der Waals surface area contributed by atoms with Gasteiger partial charge in [0.25, 0.3) is 0 Å². The molecule has 142 valence electrons. The molecule has 1 unspecified atom stereocenters. The summed E-state index contributed by atoms with van der Waals surface area (Å²) in [6.07, 6.45) is 6.07. The first kappa shape index (κ1) is 19.1. The normalized spacial score (nSPS) is 17.8. The average Bonchev–Trinajstić information content (AvgIpc) is 3.29. The molecule has 0 aromatic carbocycles. The van der Waals surface area contributed by atoms with Crippen LogP contribution in [-0.2, 0) is 16.0 Å². The number of hydrogen-bond acceptors (Lipinski definition) is 4. The first-order valence-electron chi connectivity index (χ1n) is 8.98. The molecule has 8 heteroatoms. The van der Waals surface area contributed by atoms with E-state index in [1.54, 1.807) is 7.05 Å². The van der Waals surface area contributed by atoms with Crippen molar-refractivity contribution in [3.63, 3.8) is 0 Å². The number of aromatic nitrogens is 2. The first-order chi connectivity index (χ1) is 12.7. The summed E-state index contributed by atoms with van der Waals surface area (Å²) >= 11 is 3.47. The van der Waals surface area contributed by atoms with Crippen LogP contribution < -0.4 is 10.6 Å². The minimum atomic E-state index is 0.573. The number of ether oxygens (including phenoxy) is 2. The van der Waals surface area contributed by atoms with Crippen LogP contribution in [-0.4, -0.2) is 55.4 Å². The molecule has 0 aliphatic carbocycles. The van der Waals surface area contributed by atoms with Crippen LogP contribution in [0.15, 0.2) is 34.0 Å². The number of nitrogens with zero attached hydrogens (tertiary/aromatic N) is 3. The van der Waals surface area contributed by atoms with E-state index in [0.717, 1.165) is 67.6 Å². The van der Waals surface area contributed by atoms with Crippen molar-refractivity contribution in [3.05, 3.63) is 34.7 Å². The summed E-state index contributed by atoms with van der Waals surface area (Å²) in [4.78, 5) is 8.83. The Kier molecular flexibility index (Phi) is 7.28. The second-order valence-electron chi connectivity index (χ2n) is 6.36. The van der Waals surface area contributed by atoms with Crippen LogP contribution in [0.2, 0.25) is 0 Å². The van der Waals surface area contributed by atoms with E-state index < -0.39 is 0 Å². The molecule has 0 spiro atoms. The van der Waals surface area contributed by atoms with Gasteiger partial charge in [-0.25, -0.2) is 4.98 Å². The maximum Gasteiger partial charge on any atom is 0.191 e. The number of nitrogens with one attached hydrogen (secondary N) is 2. The average molecular weight is 424 g/mol. The fraction of sp³-hybridized carbons (Fsp3) is 0.556. The van der Waals surface area contributed by atoms with Crippen LogP contribution in [0.4, 0.5) is 0 Å². The van der Waals surface area contributed by atoms with Crippen LogP contribution >= 0.6 is 15.9 Å². The van der Waals surface area contributed by atoms with Gasteiger partial charge in [-0.3, -0.25) is 4.99 Å². The van der Waals surface area contributed by atoms with E-state index in [1.807, 2.05) is 28.9 Å². The third-order valence-corrected chi connectivity index (χ3v) is 4.73. The van der Waals surface area contributed by atoms with E-state index in [-0.39, 0.29) is 0 Å². The summed E-state index contributed by atoms with van der Waals surface area (Å²) in [5.41, 5.74) is 1.89. The molecule has 0 radical (unpaired) electrons. The molecule has 1 saturated heterocycles. The van der Waals surface area contributed by atoms with Crippen molar-refractivity contribution in [2.24, 2.45) is 10.9 Å². The number of rotatable bonds is 8. The Bertz CT molecular complexity index is 727. The molecule has 0 saturated carbocycles. The van der Waals surface area contributed by atoms with Gasteiger partial charge >= 0.3 is 0 Å². The van der Waals surface area contributed by atoms with E-state index in [0.29, 0.717) is 12.5 Å². The Hall–Kier alpha value is -1.64. The van der Waals surface area contributed by atoms with Crippen molar-refractivity contribution in [2.45, 2.75) is 19.4 Å². The Morgan fingerprint density at radius 3 is 3.15 bits per heavy atom. The first-order valence-corrected chi connectivity index (χ1v) is 9.77. The largest absolute Gasteiger partial charge is 0.381 e. The monoisotopic (exact) mass is 423 g/mol. The smallest absolute Gasteiger partial charge is 0.191 e. The molecular formula is C18H26BrN5O2. The Balaban J connectivity index is 1.33. The number of aliphatic imine (C=N–C) groups is 1. The fourth-order valence-corrected chi connectivity index (χ4v) is 3.20. The summed E-state index contributed by atoms with van der Waals surface area (Å²) in [5.74, 6) is 1.34. The van der Waals surface area contributed by atoms with Crippen molar-refractivity contribution >= 4 is 27.5 Å². The van der Waals surface area contributed by atoms with Crippen molar-refractivity contribution in [2.75, 3.05) is 40.0 Å². The molecule has 0 bridgehead atoms. The lowest BCUT2D eigenvalue weighted by Gasteiger charge is -2.12. The van der Waals surface area contributed by atoms with Crippen molar-refractivity contribution < 1.29 is 9.47 Å². The summed E-state index contributed by atoms with van der Waals surface area (Å²) < 4.78 is 14.1. The number of hydrogen-bond donors (Lipinski definition) is 2. The standard InChI is InChI=1S/C18H26BrN5O2/c1-20-18(21-6-2-7-25-12-14-5-8-26-13-14)22-9-16-11-24-10-15(19)3-4-17(24)23-16/h3-4,10-11,14H,2,5-9,12-13H2,1H3,(H2,20,21,22). The second-order valence-corrected chi connectivity index (χ2v) is 7.27. The van der Waals surface area contributed by atoms with E-state index in [1.165, 1.54) is 0 Å². The molecular weight excluding hydrogens is 398 g/mol. The van der Waals surface area contributed by atoms with E-state index in [9.17, 15) is 0 Å². The van der Waals surface area contributed by atoms with Crippen LogP contribution in [0.25, 0.3) is 5.65 Å². The lowest BCUT2D eigenvalue weighted by atomic mass is 10.1. The van der Waals surface area contributed by atoms with Gasteiger partial charge in [-0.05, 0) is 40.9 Å². The zero-order valence-corrected chi connectivity index (χ0v) is 16.7. The van der Waals surface area contributed by atoms with Crippen LogP contribution in [0.1, 0.15) is 18.5 Å². The highest BCUT2D eigenvalue weighted by atomic mass is 79.9. The van der Waals surface area contributed by atoms with Gasteiger partial charge in [0.05, 0.1) is 25.5 Å². The SMILES string of the molecule is CN=C(NCCCOCC1CCOC1)NCc1cn2cc(Br)ccc2n1. The van der Waals surface area contributed by atoms with Gasteiger partial charge in [0.1, 0.15) is 5.65 Å². The second kappa shape index (κ2) is 9.89. The molecule has 2 N–H and O–H groups in total. The third kappa shape index (κ3) is 5.69. The molecule has 2 aromatic rings. The van der Waals surface area contributed by atoms with Gasteiger partial charge in [0.2, 0.25) is 0 Å². The molecule has 1 aliphatic rings. The van der Waals surface area contributed by atoms with Gasteiger partial charge in [0, 0.05) is 49.6 Å². The van der Waals surface area contributed by atoms with Crippen LogP contribution in [0, 0.1) is 5.92 Å². The Labute approximate surface area is 162 Å². The van der Waals surface area contributed by atoms with Crippen LogP contribution in [0.3, 0.4) is 0 Å². The summed E-state index contributed by atoms with van der Waals surface area (Å²) in [6.45, 7) is 4.71. The summed E-state index contributed by atoms with van der Waals surface area (Å²) in [6, 6.07) is 3.97. The fourth-order valence-electron chi connectivity index (χ4n) is 2.84. The number of pyridine rings is 1. The van der Waals surface area contributed by atoms with Crippen molar-refractivity contribution in [1.29, 1.82) is 0 Å². The van der Waals surface area contributed by atoms with Gasteiger partial charge < -0.3 is 24.5 Å². The number of guanidine groups is 1. The van der Waals surface area contributed by atoms with Gasteiger partial charge in [-0.2, -0.15) is 0 Å². The minimum Gasteiger partial charge on any atom is -0.381 e. The predicted molar refractivity (Wildman–Crippen MR) is 105 cm³/mol. The molecule has 7 nitrogen and oxygen atoms in total. The maximum absolute atomic E-state index is 5.71. The zero-order chi connectivity index (χ0) is 18.2. The molecule has 26 heavy (non-hydrogen) atoms. The zero-order valence-electron chi connectivity index (χ0n) is 15.1. The van der Waals surface area contributed by atoms with E-state index >= 15 is 0 Å². The highest BCUT2D eigenvalue weighted by molar-refractivity contribution is 9.10. The summed E-state index contributed by atoms with van der Waals surface area (Å²) in [7, 11) is 1.77. The van der Waals surface area contributed by atoms with Gasteiger partial charge in [-0.15, -0.1) is 0 Å². The lowest BCUT2D eigenvalue weighted by Crippen LogP contribution is -2.37. The minimum absolute atomic E-state index is 0.573. The maximum atomic E-state index is 5.71. The number of halogens is 1. The van der Waals surface area contributed by atoms with Crippen LogP contribution in [0.5, 0.6) is 0 Å². The van der Waals surface area contributed by atoms with E-state index in [2.05, 4.69) is 36.5 Å². The van der Waals surface area contributed by atoms with Gasteiger partial charge in [0.15, 0.2) is 5.96 Å². The predicted octanol–water partition coefficient (Wildman–Crippen LogP) is 2.21. The highest BCUT2D eigenvalue weighted by Crippen LogP contribution is 2.13. The third-order valence-electron chi connectivity index (χ3n) is 4.26. The molecule has 3 rings (SSSR count). The Morgan fingerprint density at radius 1 is 1.42 bits per heavy atom. The van der Waals surface area contributed by atoms with Crippen molar-refractivity contribution in [1.82, 2.24) is 20.0 Å². The number of imidazole rings is 1. The molecule has 0 amide bonds. The summed E-state index contributed by atoms with van der Waals surface area (Å²) in [5, 5.41) is 6.59. The molecule has 1 fully saturated rings. The lowest BCUT2D eigenvalue weighted by molar-refractivity contribution is 0.0888. The molecule has 3 heterocycles. The van der Waals surface area contributed by atoms with E-state index in [4.69, 9.17) is 9.47 Å². The number of fused-ring (bicyclic) bond motifs is 1.